The van der Waals surface area contributed by atoms with Gasteiger partial charge in [-0.15, -0.1) is 0 Å². The molecule has 0 aliphatic carbocycles. The maximum Gasteiger partial charge on any atom is 0.244 e. The lowest BCUT2D eigenvalue weighted by atomic mass is 10.3. The van der Waals surface area contributed by atoms with Gasteiger partial charge in [-0.05, 0) is 57.4 Å². The highest BCUT2D eigenvalue weighted by Gasteiger charge is 2.14. The largest absolute Gasteiger partial charge is 0.494 e. The molecule has 1 aromatic heterocycles. The molecule has 1 amide bonds. The van der Waals surface area contributed by atoms with E-state index in [1.807, 2.05) is 79.0 Å². The summed E-state index contributed by atoms with van der Waals surface area (Å²) < 4.78 is 7.39. The zero-order chi connectivity index (χ0) is 18.5. The minimum absolute atomic E-state index is 0.0858. The minimum atomic E-state index is -0.0858. The molecule has 6 nitrogen and oxygen atoms in total. The number of fused-ring (bicyclic) bond motifs is 1. The summed E-state index contributed by atoms with van der Waals surface area (Å²) in [4.78, 5) is 19.3. The van der Waals surface area contributed by atoms with Gasteiger partial charge < -0.3 is 19.5 Å². The second-order valence-electron chi connectivity index (χ2n) is 6.35. The highest BCUT2D eigenvalue weighted by Crippen LogP contribution is 2.18. The fraction of sp³-hybridized carbons (Fsp3) is 0.300. The molecule has 2 aromatic carbocycles. The Labute approximate surface area is 153 Å². The van der Waals surface area contributed by atoms with Crippen LogP contribution in [-0.4, -0.2) is 41.1 Å². The zero-order valence-electron chi connectivity index (χ0n) is 15.4. The molecule has 0 fully saturated rings. The number of nitrogens with one attached hydrogen (secondary N) is 1. The molecule has 0 spiro atoms. The monoisotopic (exact) mass is 352 g/mol. The molecule has 0 bridgehead atoms. The fourth-order valence-electron chi connectivity index (χ4n) is 2.85. The van der Waals surface area contributed by atoms with E-state index < -0.39 is 0 Å². The maximum absolute atomic E-state index is 12.6. The summed E-state index contributed by atoms with van der Waals surface area (Å²) in [5.74, 6) is 1.58. The Morgan fingerprint density at radius 2 is 1.88 bits per heavy atom. The van der Waals surface area contributed by atoms with Crippen molar-refractivity contribution in [3.05, 3.63) is 54.4 Å². The molecule has 0 saturated carbocycles. The number of carbonyl (C=O) groups is 1. The van der Waals surface area contributed by atoms with Gasteiger partial charge >= 0.3 is 0 Å². The normalized spacial score (nSPS) is 11.1. The van der Waals surface area contributed by atoms with Crippen LogP contribution >= 0.6 is 0 Å². The molecule has 136 valence electrons. The van der Waals surface area contributed by atoms with Crippen molar-refractivity contribution in [3.63, 3.8) is 0 Å². The second-order valence-corrected chi connectivity index (χ2v) is 6.35. The Morgan fingerprint density at radius 1 is 1.15 bits per heavy atom. The summed E-state index contributed by atoms with van der Waals surface area (Å²) in [6.07, 6.45) is 0. The fourth-order valence-corrected chi connectivity index (χ4v) is 2.85. The molecular formula is C20H24N4O2. The number of carbonyl (C=O) groups excluding carboxylic acids is 1. The Bertz CT molecular complexity index is 884. The summed E-state index contributed by atoms with van der Waals surface area (Å²) in [5.41, 5.74) is 2.61. The Kier molecular flexibility index (Phi) is 5.53. The van der Waals surface area contributed by atoms with E-state index in [2.05, 4.69) is 10.3 Å². The van der Waals surface area contributed by atoms with Crippen LogP contribution in [0, 0.1) is 0 Å². The van der Waals surface area contributed by atoms with Gasteiger partial charge in [0.1, 0.15) is 18.1 Å². The topological polar surface area (TPSA) is 59.4 Å². The Morgan fingerprint density at radius 3 is 2.58 bits per heavy atom. The first-order chi connectivity index (χ1) is 12.6. The molecule has 1 heterocycles. The SMILES string of the molecule is CCOc1ccc(NC(=O)Cn2c(CN(C)C)nc3ccccc32)cc1. The van der Waals surface area contributed by atoms with Crippen LogP contribution in [-0.2, 0) is 17.9 Å². The number of hydrogen-bond acceptors (Lipinski definition) is 4. The highest BCUT2D eigenvalue weighted by molar-refractivity contribution is 5.91. The smallest absolute Gasteiger partial charge is 0.244 e. The van der Waals surface area contributed by atoms with Crippen LogP contribution < -0.4 is 10.1 Å². The van der Waals surface area contributed by atoms with Crippen molar-refractivity contribution in [2.24, 2.45) is 0 Å². The Balaban J connectivity index is 1.77. The minimum Gasteiger partial charge on any atom is -0.494 e. The number of anilines is 1. The third kappa shape index (κ3) is 4.21. The van der Waals surface area contributed by atoms with E-state index >= 15 is 0 Å². The number of aromatic nitrogens is 2. The first-order valence-corrected chi connectivity index (χ1v) is 8.68. The van der Waals surface area contributed by atoms with Crippen LogP contribution in [0.1, 0.15) is 12.7 Å². The van der Waals surface area contributed by atoms with E-state index in [1.54, 1.807) is 0 Å². The number of hydrogen-bond donors (Lipinski definition) is 1. The third-order valence-electron chi connectivity index (χ3n) is 3.94. The molecule has 1 N–H and O–H groups in total. The van der Waals surface area contributed by atoms with E-state index in [0.29, 0.717) is 13.2 Å². The van der Waals surface area contributed by atoms with Crippen molar-refractivity contribution in [2.75, 3.05) is 26.0 Å². The predicted octanol–water partition coefficient (Wildman–Crippen LogP) is 3.14. The van der Waals surface area contributed by atoms with Gasteiger partial charge in [-0.3, -0.25) is 4.79 Å². The second kappa shape index (κ2) is 8.01. The van der Waals surface area contributed by atoms with Gasteiger partial charge in [-0.25, -0.2) is 4.98 Å². The van der Waals surface area contributed by atoms with Crippen molar-refractivity contribution in [2.45, 2.75) is 20.0 Å². The average Bonchev–Trinajstić information content (AvgIpc) is 2.93. The molecule has 0 saturated heterocycles. The van der Waals surface area contributed by atoms with E-state index in [4.69, 9.17) is 4.74 Å². The van der Waals surface area contributed by atoms with E-state index in [-0.39, 0.29) is 12.5 Å². The molecule has 3 rings (SSSR count). The van der Waals surface area contributed by atoms with Gasteiger partial charge in [0.05, 0.1) is 24.2 Å². The van der Waals surface area contributed by atoms with Crippen LogP contribution in [0.4, 0.5) is 5.69 Å². The van der Waals surface area contributed by atoms with Crippen molar-refractivity contribution in [3.8, 4) is 5.75 Å². The van der Waals surface area contributed by atoms with Crippen molar-refractivity contribution >= 4 is 22.6 Å². The number of imidazole rings is 1. The number of para-hydroxylation sites is 2. The molecule has 26 heavy (non-hydrogen) atoms. The summed E-state index contributed by atoms with van der Waals surface area (Å²) in [6, 6.07) is 15.3. The summed E-state index contributed by atoms with van der Waals surface area (Å²) >= 11 is 0. The van der Waals surface area contributed by atoms with Crippen LogP contribution in [0.5, 0.6) is 5.75 Å². The number of amides is 1. The zero-order valence-corrected chi connectivity index (χ0v) is 15.4. The van der Waals surface area contributed by atoms with Crippen molar-refractivity contribution in [1.82, 2.24) is 14.5 Å². The standard InChI is InChI=1S/C20H24N4O2/c1-4-26-16-11-9-15(10-12-16)21-20(25)14-24-18-8-6-5-7-17(18)22-19(24)13-23(2)3/h5-12H,4,13-14H2,1-3H3,(H,21,25). The molecular weight excluding hydrogens is 328 g/mol. The lowest BCUT2D eigenvalue weighted by Crippen LogP contribution is -2.22. The molecule has 0 atom stereocenters. The number of rotatable bonds is 7. The van der Waals surface area contributed by atoms with Gasteiger partial charge in [0.2, 0.25) is 5.91 Å². The van der Waals surface area contributed by atoms with Crippen LogP contribution in [0.15, 0.2) is 48.5 Å². The van der Waals surface area contributed by atoms with E-state index in [1.165, 1.54) is 0 Å². The first kappa shape index (κ1) is 17.9. The molecule has 0 radical (unpaired) electrons. The van der Waals surface area contributed by atoms with Gasteiger partial charge in [0.25, 0.3) is 0 Å². The lowest BCUT2D eigenvalue weighted by molar-refractivity contribution is -0.116. The quantitative estimate of drug-likeness (QED) is 0.710. The number of benzene rings is 2. The molecule has 6 heteroatoms. The molecule has 0 unspecified atom stereocenters. The van der Waals surface area contributed by atoms with Crippen LogP contribution in [0.3, 0.4) is 0 Å². The molecule has 0 aliphatic heterocycles. The molecule has 3 aromatic rings. The van der Waals surface area contributed by atoms with Gasteiger partial charge in [-0.1, -0.05) is 12.1 Å². The summed E-state index contributed by atoms with van der Waals surface area (Å²) in [6.45, 7) is 3.45. The Hall–Kier alpha value is -2.86. The summed E-state index contributed by atoms with van der Waals surface area (Å²) in [7, 11) is 3.98. The van der Waals surface area contributed by atoms with E-state index in [0.717, 1.165) is 28.3 Å². The van der Waals surface area contributed by atoms with Gasteiger partial charge in [0.15, 0.2) is 0 Å². The average molecular weight is 352 g/mol. The number of ether oxygens (including phenoxy) is 1. The van der Waals surface area contributed by atoms with Crippen molar-refractivity contribution < 1.29 is 9.53 Å². The van der Waals surface area contributed by atoms with Crippen LogP contribution in [0.2, 0.25) is 0 Å². The van der Waals surface area contributed by atoms with Gasteiger partial charge in [-0.2, -0.15) is 0 Å². The van der Waals surface area contributed by atoms with E-state index in [9.17, 15) is 4.79 Å². The third-order valence-corrected chi connectivity index (χ3v) is 3.94. The highest BCUT2D eigenvalue weighted by atomic mass is 16.5. The lowest BCUT2D eigenvalue weighted by Gasteiger charge is -2.13. The number of nitrogens with zero attached hydrogens (tertiary/aromatic N) is 3. The van der Waals surface area contributed by atoms with Crippen LogP contribution in [0.25, 0.3) is 11.0 Å². The molecule has 0 aliphatic rings. The summed E-state index contributed by atoms with van der Waals surface area (Å²) in [5, 5.41) is 2.94. The van der Waals surface area contributed by atoms with Crippen molar-refractivity contribution in [1.29, 1.82) is 0 Å². The maximum atomic E-state index is 12.6. The van der Waals surface area contributed by atoms with Gasteiger partial charge in [0, 0.05) is 5.69 Å². The predicted molar refractivity (Wildman–Crippen MR) is 103 cm³/mol. The first-order valence-electron chi connectivity index (χ1n) is 8.68.